The number of rotatable bonds is 5. The van der Waals surface area contributed by atoms with E-state index in [4.69, 9.17) is 21.5 Å². The van der Waals surface area contributed by atoms with Crippen molar-refractivity contribution in [1.82, 2.24) is 9.40 Å². The van der Waals surface area contributed by atoms with Crippen LogP contribution in [0.25, 0.3) is 28.2 Å². The Morgan fingerprint density at radius 3 is 2.71 bits per heavy atom. The fourth-order valence-corrected chi connectivity index (χ4v) is 3.76. The molecule has 4 rings (SSSR count). The Morgan fingerprint density at radius 1 is 1.25 bits per heavy atom. The molecule has 6 heteroatoms. The third kappa shape index (κ3) is 3.59. The standard InChI is InChI=1S/C22H19ClN2O3/c1-2-14-8-9-18-17(10-14)21(12-19(24-18)15-6-4-3-5-7-15)28-16-11-20(22(26)27)25(23)13-16/h2-10,12,16,20H,1,11,13H2,(H,26,27)/t16-,20+/m1/s1. The number of carboxylic acids is 1. The molecule has 5 nitrogen and oxygen atoms in total. The highest BCUT2D eigenvalue weighted by molar-refractivity contribution is 6.15. The lowest BCUT2D eigenvalue weighted by molar-refractivity contribution is -0.140. The number of ether oxygens (including phenoxy) is 1. The first kappa shape index (κ1) is 18.5. The van der Waals surface area contributed by atoms with Crippen LogP contribution < -0.4 is 4.74 Å². The molecule has 0 radical (unpaired) electrons. The minimum atomic E-state index is -0.945. The highest BCUT2D eigenvalue weighted by Crippen LogP contribution is 2.33. The van der Waals surface area contributed by atoms with Crippen molar-refractivity contribution in [2.24, 2.45) is 0 Å². The van der Waals surface area contributed by atoms with Gasteiger partial charge in [-0.05, 0) is 29.5 Å². The molecular weight excluding hydrogens is 376 g/mol. The van der Waals surface area contributed by atoms with Crippen molar-refractivity contribution >= 4 is 34.7 Å². The van der Waals surface area contributed by atoms with Gasteiger partial charge in [0.2, 0.25) is 0 Å². The lowest BCUT2D eigenvalue weighted by Gasteiger charge is -2.16. The molecule has 142 valence electrons. The van der Waals surface area contributed by atoms with Crippen LogP contribution in [0.5, 0.6) is 5.75 Å². The summed E-state index contributed by atoms with van der Waals surface area (Å²) in [6, 6.07) is 16.9. The molecule has 28 heavy (non-hydrogen) atoms. The number of halogens is 1. The molecule has 3 aromatic rings. The van der Waals surface area contributed by atoms with Crippen LogP contribution in [0.15, 0.2) is 61.2 Å². The molecule has 0 bridgehead atoms. The van der Waals surface area contributed by atoms with Crippen LogP contribution in [0.4, 0.5) is 0 Å². The van der Waals surface area contributed by atoms with E-state index in [0.717, 1.165) is 27.7 Å². The van der Waals surface area contributed by atoms with Crippen molar-refractivity contribution in [1.29, 1.82) is 0 Å². The van der Waals surface area contributed by atoms with Crippen LogP contribution in [0, 0.1) is 0 Å². The molecule has 1 saturated heterocycles. The summed E-state index contributed by atoms with van der Waals surface area (Å²) in [6.07, 6.45) is 1.77. The Labute approximate surface area is 167 Å². The highest BCUT2D eigenvalue weighted by atomic mass is 35.5. The summed E-state index contributed by atoms with van der Waals surface area (Å²) in [5, 5.41) is 10.2. The van der Waals surface area contributed by atoms with Gasteiger partial charge in [0.25, 0.3) is 0 Å². The van der Waals surface area contributed by atoms with E-state index >= 15 is 0 Å². The van der Waals surface area contributed by atoms with Crippen molar-refractivity contribution < 1.29 is 14.6 Å². The molecule has 1 N–H and O–H groups in total. The molecular formula is C22H19ClN2O3. The third-order valence-corrected chi connectivity index (χ3v) is 5.25. The summed E-state index contributed by atoms with van der Waals surface area (Å²) < 4.78 is 7.53. The second-order valence-electron chi connectivity index (χ2n) is 6.76. The van der Waals surface area contributed by atoms with E-state index in [2.05, 4.69) is 6.58 Å². The van der Waals surface area contributed by atoms with Gasteiger partial charge in [-0.3, -0.25) is 4.79 Å². The molecule has 1 fully saturated rings. The van der Waals surface area contributed by atoms with Crippen LogP contribution >= 0.6 is 11.8 Å². The molecule has 0 amide bonds. The van der Waals surface area contributed by atoms with E-state index in [9.17, 15) is 9.90 Å². The average molecular weight is 395 g/mol. The zero-order chi connectivity index (χ0) is 19.7. The van der Waals surface area contributed by atoms with Crippen LogP contribution in [0.3, 0.4) is 0 Å². The van der Waals surface area contributed by atoms with E-state index in [-0.39, 0.29) is 6.10 Å². The van der Waals surface area contributed by atoms with Crippen molar-refractivity contribution in [3.63, 3.8) is 0 Å². The maximum atomic E-state index is 11.3. The molecule has 0 unspecified atom stereocenters. The van der Waals surface area contributed by atoms with Gasteiger partial charge in [0.15, 0.2) is 0 Å². The SMILES string of the molecule is C=Cc1ccc2nc(-c3ccccc3)cc(O[C@@H]3C[C@@H](C(=O)O)N(Cl)C3)c2c1. The summed E-state index contributed by atoms with van der Waals surface area (Å²) in [5.41, 5.74) is 3.54. The predicted octanol–water partition coefficient (Wildman–Crippen LogP) is 4.60. The van der Waals surface area contributed by atoms with Crippen molar-refractivity contribution in [2.45, 2.75) is 18.6 Å². The smallest absolute Gasteiger partial charge is 0.322 e. The zero-order valence-corrected chi connectivity index (χ0v) is 15.8. The van der Waals surface area contributed by atoms with Gasteiger partial charge in [0.05, 0.1) is 17.8 Å². The second kappa shape index (κ2) is 7.62. The number of aromatic nitrogens is 1. The van der Waals surface area contributed by atoms with Crippen molar-refractivity contribution in [3.05, 3.63) is 66.7 Å². The Morgan fingerprint density at radius 2 is 2.04 bits per heavy atom. The minimum Gasteiger partial charge on any atom is -0.488 e. The molecule has 0 aliphatic carbocycles. The number of carboxylic acid groups (broad SMARTS) is 1. The van der Waals surface area contributed by atoms with E-state index in [1.807, 2.05) is 54.6 Å². The van der Waals surface area contributed by atoms with E-state index in [1.165, 1.54) is 4.42 Å². The Hall–Kier alpha value is -2.89. The first-order valence-electron chi connectivity index (χ1n) is 8.99. The van der Waals surface area contributed by atoms with Gasteiger partial charge < -0.3 is 9.84 Å². The maximum Gasteiger partial charge on any atom is 0.322 e. The molecule has 1 aliphatic heterocycles. The molecule has 2 heterocycles. The number of aliphatic carboxylic acids is 1. The maximum absolute atomic E-state index is 11.3. The Bertz CT molecular complexity index is 1040. The van der Waals surface area contributed by atoms with Crippen molar-refractivity contribution in [2.75, 3.05) is 6.54 Å². The minimum absolute atomic E-state index is 0.319. The number of carbonyl (C=O) groups is 1. The van der Waals surface area contributed by atoms with Crippen LogP contribution in [-0.4, -0.2) is 39.2 Å². The number of benzene rings is 2. The second-order valence-corrected chi connectivity index (χ2v) is 7.20. The van der Waals surface area contributed by atoms with Gasteiger partial charge in [-0.2, -0.15) is 0 Å². The molecule has 1 aliphatic rings. The largest absolute Gasteiger partial charge is 0.488 e. The number of hydrogen-bond acceptors (Lipinski definition) is 4. The van der Waals surface area contributed by atoms with Crippen LogP contribution in [-0.2, 0) is 4.79 Å². The monoisotopic (exact) mass is 394 g/mol. The highest BCUT2D eigenvalue weighted by Gasteiger charge is 2.37. The molecule has 1 aromatic heterocycles. The van der Waals surface area contributed by atoms with Gasteiger partial charge in [0.1, 0.15) is 17.9 Å². The fraction of sp³-hybridized carbons (Fsp3) is 0.182. The summed E-state index contributed by atoms with van der Waals surface area (Å²) >= 11 is 6.07. The topological polar surface area (TPSA) is 62.7 Å². The number of nitrogens with zero attached hydrogens (tertiary/aromatic N) is 2. The quantitative estimate of drug-likeness (QED) is 0.640. The average Bonchev–Trinajstić information content (AvgIpc) is 3.08. The Balaban J connectivity index is 1.76. The summed E-state index contributed by atoms with van der Waals surface area (Å²) in [5.74, 6) is -0.284. The van der Waals surface area contributed by atoms with Crippen molar-refractivity contribution in [3.8, 4) is 17.0 Å². The normalized spacial score (nSPS) is 19.6. The number of fused-ring (bicyclic) bond motifs is 1. The van der Waals surface area contributed by atoms with Gasteiger partial charge in [-0.15, -0.1) is 0 Å². The zero-order valence-electron chi connectivity index (χ0n) is 15.1. The van der Waals surface area contributed by atoms with Gasteiger partial charge >= 0.3 is 5.97 Å². The van der Waals surface area contributed by atoms with Crippen LogP contribution in [0.2, 0.25) is 0 Å². The van der Waals surface area contributed by atoms with E-state index in [0.29, 0.717) is 18.7 Å². The molecule has 2 atom stereocenters. The van der Waals surface area contributed by atoms with Crippen LogP contribution in [0.1, 0.15) is 12.0 Å². The number of hydrogen-bond donors (Lipinski definition) is 1. The summed E-state index contributed by atoms with van der Waals surface area (Å²) in [7, 11) is 0. The first-order chi connectivity index (χ1) is 13.5. The lowest BCUT2D eigenvalue weighted by atomic mass is 10.1. The third-order valence-electron chi connectivity index (χ3n) is 4.88. The Kier molecular flexibility index (Phi) is 5.03. The van der Waals surface area contributed by atoms with Gasteiger partial charge in [-0.1, -0.05) is 49.1 Å². The van der Waals surface area contributed by atoms with E-state index in [1.54, 1.807) is 6.08 Å². The number of pyridine rings is 1. The van der Waals surface area contributed by atoms with E-state index < -0.39 is 12.0 Å². The molecule has 0 spiro atoms. The summed E-state index contributed by atoms with van der Waals surface area (Å²) in [4.78, 5) is 16.1. The fourth-order valence-electron chi connectivity index (χ4n) is 3.44. The van der Waals surface area contributed by atoms with Gasteiger partial charge in [-0.25, -0.2) is 9.40 Å². The first-order valence-corrected chi connectivity index (χ1v) is 9.33. The lowest BCUT2D eigenvalue weighted by Crippen LogP contribution is -2.28. The molecule has 2 aromatic carbocycles. The molecule has 0 saturated carbocycles. The predicted molar refractivity (Wildman–Crippen MR) is 110 cm³/mol. The summed E-state index contributed by atoms with van der Waals surface area (Å²) in [6.45, 7) is 4.16. The van der Waals surface area contributed by atoms with Gasteiger partial charge in [0, 0.05) is 23.4 Å².